The molecule has 0 aromatic rings. The lowest BCUT2D eigenvalue weighted by Crippen LogP contribution is -2.21. The van der Waals surface area contributed by atoms with Crippen molar-refractivity contribution in [3.8, 4) is 0 Å². The summed E-state index contributed by atoms with van der Waals surface area (Å²) in [4.78, 5) is 10.6. The van der Waals surface area contributed by atoms with Gasteiger partial charge in [0, 0.05) is 13.0 Å². The third-order valence-electron chi connectivity index (χ3n) is 0.949. The smallest absolute Gasteiger partial charge is 0.220 e. The Morgan fingerprint density at radius 2 is 2.44 bits per heavy atom. The fourth-order valence-electron chi connectivity index (χ4n) is 0.519. The molecule has 0 spiro atoms. The Labute approximate surface area is 56.0 Å². The molecule has 2 heteroatoms. The SMILES string of the molecule is C=CCCC(=O)NCC. The predicted octanol–water partition coefficient (Wildman–Crippen LogP) is 1.09. The third kappa shape index (κ3) is 5.07. The molecule has 0 aromatic carbocycles. The molecular weight excluding hydrogens is 114 g/mol. The largest absolute Gasteiger partial charge is 0.356 e. The van der Waals surface area contributed by atoms with Crippen molar-refractivity contribution in [3.63, 3.8) is 0 Å². The molecule has 1 amide bonds. The van der Waals surface area contributed by atoms with Crippen molar-refractivity contribution >= 4 is 5.91 Å². The Balaban J connectivity index is 3.16. The molecule has 0 heterocycles. The monoisotopic (exact) mass is 127 g/mol. The maximum atomic E-state index is 10.6. The van der Waals surface area contributed by atoms with Crippen LogP contribution in [-0.2, 0) is 4.79 Å². The van der Waals surface area contributed by atoms with Gasteiger partial charge in [-0.15, -0.1) is 6.58 Å². The van der Waals surface area contributed by atoms with Crippen molar-refractivity contribution in [2.75, 3.05) is 6.54 Å². The number of nitrogens with one attached hydrogen (secondary N) is 1. The molecule has 1 N–H and O–H groups in total. The van der Waals surface area contributed by atoms with Gasteiger partial charge in [-0.1, -0.05) is 6.08 Å². The summed E-state index contributed by atoms with van der Waals surface area (Å²) in [6, 6.07) is 0. The van der Waals surface area contributed by atoms with Gasteiger partial charge in [0.1, 0.15) is 0 Å². The standard InChI is InChI=1S/C7H13NO/c1-3-5-6-7(9)8-4-2/h3H,1,4-6H2,2H3,(H,8,9). The summed E-state index contributed by atoms with van der Waals surface area (Å²) in [6.45, 7) is 6.14. The average molecular weight is 127 g/mol. The Morgan fingerprint density at radius 1 is 1.78 bits per heavy atom. The minimum Gasteiger partial charge on any atom is -0.356 e. The van der Waals surface area contributed by atoms with E-state index in [9.17, 15) is 4.79 Å². The highest BCUT2D eigenvalue weighted by Gasteiger charge is 1.93. The third-order valence-corrected chi connectivity index (χ3v) is 0.949. The lowest BCUT2D eigenvalue weighted by atomic mass is 10.3. The molecule has 0 atom stereocenters. The molecule has 0 bridgehead atoms. The van der Waals surface area contributed by atoms with Gasteiger partial charge in [0.05, 0.1) is 0 Å². The molecule has 0 aromatic heterocycles. The zero-order valence-corrected chi connectivity index (χ0v) is 5.81. The number of allylic oxidation sites excluding steroid dienone is 1. The molecule has 0 unspecified atom stereocenters. The highest BCUT2D eigenvalue weighted by atomic mass is 16.1. The molecule has 52 valence electrons. The van der Waals surface area contributed by atoms with Crippen LogP contribution in [0.4, 0.5) is 0 Å². The summed E-state index contributed by atoms with van der Waals surface area (Å²) in [5, 5.41) is 2.69. The fourth-order valence-corrected chi connectivity index (χ4v) is 0.519. The van der Waals surface area contributed by atoms with E-state index in [1.54, 1.807) is 6.08 Å². The summed E-state index contributed by atoms with van der Waals surface area (Å²) < 4.78 is 0. The molecular formula is C7H13NO. The Kier molecular flexibility index (Phi) is 4.88. The van der Waals surface area contributed by atoms with Gasteiger partial charge in [-0.3, -0.25) is 4.79 Å². The molecule has 0 aliphatic heterocycles. The molecule has 2 nitrogen and oxygen atoms in total. The average Bonchev–Trinajstić information content (AvgIpc) is 1.85. The summed E-state index contributed by atoms with van der Waals surface area (Å²) >= 11 is 0. The van der Waals surface area contributed by atoms with Crippen molar-refractivity contribution in [2.24, 2.45) is 0 Å². The lowest BCUT2D eigenvalue weighted by Gasteiger charge is -1.97. The Morgan fingerprint density at radius 3 is 2.89 bits per heavy atom. The number of rotatable bonds is 4. The highest BCUT2D eigenvalue weighted by Crippen LogP contribution is 1.87. The zero-order valence-electron chi connectivity index (χ0n) is 5.81. The van der Waals surface area contributed by atoms with Crippen LogP contribution in [0.5, 0.6) is 0 Å². The van der Waals surface area contributed by atoms with E-state index in [0.29, 0.717) is 6.42 Å². The van der Waals surface area contributed by atoms with E-state index in [0.717, 1.165) is 13.0 Å². The van der Waals surface area contributed by atoms with Gasteiger partial charge >= 0.3 is 0 Å². The van der Waals surface area contributed by atoms with Crippen LogP contribution in [0.3, 0.4) is 0 Å². The second-order valence-corrected chi connectivity index (χ2v) is 1.78. The number of amides is 1. The second kappa shape index (κ2) is 5.35. The Bertz CT molecular complexity index is 99.1. The van der Waals surface area contributed by atoms with Crippen LogP contribution in [0.2, 0.25) is 0 Å². The van der Waals surface area contributed by atoms with Crippen LogP contribution in [0.1, 0.15) is 19.8 Å². The first-order chi connectivity index (χ1) is 4.31. The van der Waals surface area contributed by atoms with Crippen molar-refractivity contribution in [1.29, 1.82) is 0 Å². The van der Waals surface area contributed by atoms with Crippen molar-refractivity contribution in [2.45, 2.75) is 19.8 Å². The number of carbonyl (C=O) groups is 1. The van der Waals surface area contributed by atoms with Gasteiger partial charge in [-0.2, -0.15) is 0 Å². The Hall–Kier alpha value is -0.790. The molecule has 0 fully saturated rings. The number of hydrogen-bond donors (Lipinski definition) is 1. The number of carbonyl (C=O) groups excluding carboxylic acids is 1. The normalized spacial score (nSPS) is 8.56. The van der Waals surface area contributed by atoms with E-state index < -0.39 is 0 Å². The van der Waals surface area contributed by atoms with Gasteiger partial charge < -0.3 is 5.32 Å². The van der Waals surface area contributed by atoms with Crippen LogP contribution >= 0.6 is 0 Å². The van der Waals surface area contributed by atoms with Gasteiger partial charge in [0.15, 0.2) is 0 Å². The lowest BCUT2D eigenvalue weighted by molar-refractivity contribution is -0.120. The van der Waals surface area contributed by atoms with Crippen molar-refractivity contribution < 1.29 is 4.79 Å². The van der Waals surface area contributed by atoms with E-state index in [-0.39, 0.29) is 5.91 Å². The van der Waals surface area contributed by atoms with Gasteiger partial charge in [-0.05, 0) is 13.3 Å². The second-order valence-electron chi connectivity index (χ2n) is 1.78. The predicted molar refractivity (Wildman–Crippen MR) is 38.1 cm³/mol. The van der Waals surface area contributed by atoms with E-state index in [1.165, 1.54) is 0 Å². The molecule has 0 radical (unpaired) electrons. The first-order valence-electron chi connectivity index (χ1n) is 3.18. The van der Waals surface area contributed by atoms with Crippen molar-refractivity contribution in [1.82, 2.24) is 5.32 Å². The minimum atomic E-state index is 0.109. The molecule has 0 aliphatic rings. The first-order valence-corrected chi connectivity index (χ1v) is 3.18. The van der Waals surface area contributed by atoms with Gasteiger partial charge in [-0.25, -0.2) is 0 Å². The quantitative estimate of drug-likeness (QED) is 0.563. The summed E-state index contributed by atoms with van der Waals surface area (Å²) in [6.07, 6.45) is 3.08. The van der Waals surface area contributed by atoms with E-state index in [1.807, 2.05) is 6.92 Å². The van der Waals surface area contributed by atoms with Gasteiger partial charge in [0.2, 0.25) is 5.91 Å². The fraction of sp³-hybridized carbons (Fsp3) is 0.571. The summed E-state index contributed by atoms with van der Waals surface area (Å²) in [5.74, 6) is 0.109. The first kappa shape index (κ1) is 8.21. The van der Waals surface area contributed by atoms with E-state index in [4.69, 9.17) is 0 Å². The van der Waals surface area contributed by atoms with Crippen LogP contribution < -0.4 is 5.32 Å². The van der Waals surface area contributed by atoms with Crippen LogP contribution in [-0.4, -0.2) is 12.5 Å². The van der Waals surface area contributed by atoms with E-state index >= 15 is 0 Å². The maximum absolute atomic E-state index is 10.6. The molecule has 0 saturated heterocycles. The molecule has 0 saturated carbocycles. The number of hydrogen-bond acceptors (Lipinski definition) is 1. The summed E-state index contributed by atoms with van der Waals surface area (Å²) in [7, 11) is 0. The molecule has 0 aliphatic carbocycles. The van der Waals surface area contributed by atoms with Crippen LogP contribution in [0.15, 0.2) is 12.7 Å². The maximum Gasteiger partial charge on any atom is 0.220 e. The van der Waals surface area contributed by atoms with Crippen molar-refractivity contribution in [3.05, 3.63) is 12.7 Å². The minimum absolute atomic E-state index is 0.109. The van der Waals surface area contributed by atoms with Crippen LogP contribution in [0, 0.1) is 0 Å². The highest BCUT2D eigenvalue weighted by molar-refractivity contribution is 5.75. The van der Waals surface area contributed by atoms with Gasteiger partial charge in [0.25, 0.3) is 0 Å². The zero-order chi connectivity index (χ0) is 7.11. The molecule has 0 rings (SSSR count). The molecule has 9 heavy (non-hydrogen) atoms. The van der Waals surface area contributed by atoms with E-state index in [2.05, 4.69) is 11.9 Å². The van der Waals surface area contributed by atoms with Crippen LogP contribution in [0.25, 0.3) is 0 Å². The summed E-state index contributed by atoms with van der Waals surface area (Å²) in [5.41, 5.74) is 0. The topological polar surface area (TPSA) is 29.1 Å².